The lowest BCUT2D eigenvalue weighted by molar-refractivity contribution is -0.150. The fourth-order valence-electron chi connectivity index (χ4n) is 2.89. The summed E-state index contributed by atoms with van der Waals surface area (Å²) in [5, 5.41) is 3.13. The number of hydrogen-bond acceptors (Lipinski definition) is 4. The lowest BCUT2D eigenvalue weighted by Crippen LogP contribution is -2.53. The van der Waals surface area contributed by atoms with Crippen LogP contribution in [0.4, 0.5) is 0 Å². The summed E-state index contributed by atoms with van der Waals surface area (Å²) in [6, 6.07) is 1.24. The van der Waals surface area contributed by atoms with Crippen molar-refractivity contribution in [3.05, 3.63) is 0 Å². The fourth-order valence-corrected chi connectivity index (χ4v) is 2.89. The molecule has 0 bridgehead atoms. The van der Waals surface area contributed by atoms with Gasteiger partial charge in [0.1, 0.15) is 5.54 Å². The van der Waals surface area contributed by atoms with Gasteiger partial charge in [0.2, 0.25) is 0 Å². The topological polar surface area (TPSA) is 41.6 Å². The zero-order valence-corrected chi connectivity index (χ0v) is 13.2. The Morgan fingerprint density at radius 2 is 1.95 bits per heavy atom. The molecule has 1 fully saturated rings. The summed E-state index contributed by atoms with van der Waals surface area (Å²) in [7, 11) is 1.83. The van der Waals surface area contributed by atoms with Gasteiger partial charge in [0, 0.05) is 18.6 Å². The van der Waals surface area contributed by atoms with E-state index in [1.807, 2.05) is 20.9 Å². The Labute approximate surface area is 117 Å². The molecule has 1 unspecified atom stereocenters. The first-order valence-corrected chi connectivity index (χ1v) is 7.56. The van der Waals surface area contributed by atoms with Crippen LogP contribution >= 0.6 is 0 Å². The molecule has 0 aromatic rings. The van der Waals surface area contributed by atoms with Crippen molar-refractivity contribution in [3.63, 3.8) is 0 Å². The maximum atomic E-state index is 12.0. The molecule has 4 nitrogen and oxygen atoms in total. The van der Waals surface area contributed by atoms with E-state index in [0.717, 1.165) is 13.0 Å². The lowest BCUT2D eigenvalue weighted by atomic mass is 9.93. The van der Waals surface area contributed by atoms with Crippen LogP contribution in [0.3, 0.4) is 0 Å². The van der Waals surface area contributed by atoms with Gasteiger partial charge in [0.05, 0.1) is 6.61 Å². The van der Waals surface area contributed by atoms with Crippen molar-refractivity contribution in [3.8, 4) is 0 Å². The molecular formula is C15H30N2O2. The molecule has 0 saturated carbocycles. The van der Waals surface area contributed by atoms with Crippen molar-refractivity contribution in [2.75, 3.05) is 20.2 Å². The molecule has 0 aromatic carbocycles. The molecule has 0 amide bonds. The number of ether oxygens (including phenoxy) is 1. The minimum atomic E-state index is -0.576. The fraction of sp³-hybridized carbons (Fsp3) is 0.933. The number of rotatable bonds is 6. The van der Waals surface area contributed by atoms with Gasteiger partial charge in [-0.1, -0.05) is 6.42 Å². The summed E-state index contributed by atoms with van der Waals surface area (Å²) in [4.78, 5) is 14.6. The molecule has 3 atom stereocenters. The Balaban J connectivity index is 2.58. The maximum absolute atomic E-state index is 12.0. The molecule has 0 spiro atoms. The summed E-state index contributed by atoms with van der Waals surface area (Å²) >= 11 is 0. The first-order valence-electron chi connectivity index (χ1n) is 7.56. The minimum absolute atomic E-state index is 0.144. The third-order valence-electron chi connectivity index (χ3n) is 4.52. The van der Waals surface area contributed by atoms with Crippen molar-refractivity contribution in [1.29, 1.82) is 0 Å². The Morgan fingerprint density at radius 1 is 1.37 bits per heavy atom. The predicted molar refractivity (Wildman–Crippen MR) is 78.2 cm³/mol. The summed E-state index contributed by atoms with van der Waals surface area (Å²) in [5.74, 6) is -0.144. The average molecular weight is 270 g/mol. The van der Waals surface area contributed by atoms with Crippen LogP contribution in [0.15, 0.2) is 0 Å². The molecule has 1 saturated heterocycles. The highest BCUT2D eigenvalue weighted by Gasteiger charge is 2.35. The number of carbonyl (C=O) groups is 1. The Hall–Kier alpha value is -0.610. The molecule has 0 aromatic heterocycles. The first kappa shape index (κ1) is 16.4. The van der Waals surface area contributed by atoms with Gasteiger partial charge >= 0.3 is 5.97 Å². The van der Waals surface area contributed by atoms with Gasteiger partial charge in [-0.05, 0) is 54.0 Å². The highest BCUT2D eigenvalue weighted by Crippen LogP contribution is 2.24. The number of hydrogen-bond donors (Lipinski definition) is 1. The second kappa shape index (κ2) is 7.25. The molecule has 1 rings (SSSR count). The van der Waals surface area contributed by atoms with Gasteiger partial charge in [-0.25, -0.2) is 0 Å². The predicted octanol–water partition coefficient (Wildman–Crippen LogP) is 2.18. The van der Waals surface area contributed by atoms with E-state index in [1.54, 1.807) is 0 Å². The summed E-state index contributed by atoms with van der Waals surface area (Å²) in [5.41, 5.74) is -0.576. The SMILES string of the molecule is CCOC(=O)C(C)(CCN1[C@H](C)CCC[C@@H]1C)NC. The van der Waals surface area contributed by atoms with Crippen LogP contribution < -0.4 is 5.32 Å². The van der Waals surface area contributed by atoms with E-state index in [1.165, 1.54) is 19.3 Å². The van der Waals surface area contributed by atoms with Crippen LogP contribution in [-0.2, 0) is 9.53 Å². The van der Waals surface area contributed by atoms with Gasteiger partial charge < -0.3 is 10.1 Å². The van der Waals surface area contributed by atoms with Gasteiger partial charge in [-0.2, -0.15) is 0 Å². The van der Waals surface area contributed by atoms with Crippen LogP contribution in [-0.4, -0.2) is 48.7 Å². The van der Waals surface area contributed by atoms with Crippen LogP contribution in [0.1, 0.15) is 53.4 Å². The van der Waals surface area contributed by atoms with Crippen LogP contribution in [0.5, 0.6) is 0 Å². The molecule has 1 aliphatic heterocycles. The van der Waals surface area contributed by atoms with Gasteiger partial charge in [0.25, 0.3) is 0 Å². The van der Waals surface area contributed by atoms with E-state index < -0.39 is 5.54 Å². The van der Waals surface area contributed by atoms with E-state index in [0.29, 0.717) is 18.7 Å². The summed E-state index contributed by atoms with van der Waals surface area (Å²) in [6.07, 6.45) is 4.64. The van der Waals surface area contributed by atoms with E-state index in [-0.39, 0.29) is 5.97 Å². The van der Waals surface area contributed by atoms with Crippen molar-refractivity contribution in [1.82, 2.24) is 10.2 Å². The number of nitrogens with zero attached hydrogens (tertiary/aromatic N) is 1. The molecule has 19 heavy (non-hydrogen) atoms. The third kappa shape index (κ3) is 4.18. The molecule has 1 N–H and O–H groups in total. The third-order valence-corrected chi connectivity index (χ3v) is 4.52. The van der Waals surface area contributed by atoms with Crippen molar-refractivity contribution in [2.45, 2.75) is 71.0 Å². The molecule has 112 valence electrons. The second-order valence-electron chi connectivity index (χ2n) is 5.92. The monoisotopic (exact) mass is 270 g/mol. The van der Waals surface area contributed by atoms with Crippen LogP contribution in [0.2, 0.25) is 0 Å². The summed E-state index contributed by atoms with van der Waals surface area (Å²) in [6.45, 7) is 9.74. The number of esters is 1. The quantitative estimate of drug-likeness (QED) is 0.751. The van der Waals surface area contributed by atoms with Gasteiger partial charge in [-0.3, -0.25) is 9.69 Å². The van der Waals surface area contributed by atoms with Gasteiger partial charge in [-0.15, -0.1) is 0 Å². The zero-order chi connectivity index (χ0) is 14.5. The van der Waals surface area contributed by atoms with Crippen molar-refractivity contribution >= 4 is 5.97 Å². The van der Waals surface area contributed by atoms with Crippen molar-refractivity contribution in [2.24, 2.45) is 0 Å². The molecule has 1 heterocycles. The van der Waals surface area contributed by atoms with E-state index >= 15 is 0 Å². The molecule has 0 aliphatic carbocycles. The highest BCUT2D eigenvalue weighted by atomic mass is 16.5. The summed E-state index contributed by atoms with van der Waals surface area (Å²) < 4.78 is 5.17. The first-order chi connectivity index (χ1) is 8.94. The van der Waals surface area contributed by atoms with E-state index in [2.05, 4.69) is 24.1 Å². The maximum Gasteiger partial charge on any atom is 0.326 e. The average Bonchev–Trinajstić information content (AvgIpc) is 2.38. The highest BCUT2D eigenvalue weighted by molar-refractivity contribution is 5.80. The number of piperidine rings is 1. The lowest BCUT2D eigenvalue weighted by Gasteiger charge is -2.40. The Bertz CT molecular complexity index is 286. The van der Waals surface area contributed by atoms with Crippen LogP contribution in [0, 0.1) is 0 Å². The largest absolute Gasteiger partial charge is 0.465 e. The normalized spacial score (nSPS) is 27.8. The number of likely N-dealkylation sites (tertiary alicyclic amines) is 1. The molecular weight excluding hydrogens is 240 g/mol. The van der Waals surface area contributed by atoms with Gasteiger partial charge in [0.15, 0.2) is 0 Å². The smallest absolute Gasteiger partial charge is 0.326 e. The van der Waals surface area contributed by atoms with E-state index in [9.17, 15) is 4.79 Å². The number of carbonyl (C=O) groups excluding carboxylic acids is 1. The zero-order valence-electron chi connectivity index (χ0n) is 13.2. The van der Waals surface area contributed by atoms with Crippen LogP contribution in [0.25, 0.3) is 0 Å². The number of nitrogens with one attached hydrogen (secondary N) is 1. The second-order valence-corrected chi connectivity index (χ2v) is 5.92. The molecule has 4 heteroatoms. The molecule has 0 radical (unpaired) electrons. The van der Waals surface area contributed by atoms with Crippen molar-refractivity contribution < 1.29 is 9.53 Å². The standard InChI is InChI=1S/C15H30N2O2/c1-6-19-14(18)15(4,16-5)10-11-17-12(2)8-7-9-13(17)3/h12-13,16H,6-11H2,1-5H3/t12-,13+,15?. The Morgan fingerprint density at radius 3 is 2.42 bits per heavy atom. The van der Waals surface area contributed by atoms with E-state index in [4.69, 9.17) is 4.74 Å². The minimum Gasteiger partial charge on any atom is -0.465 e. The molecule has 1 aliphatic rings. The Kier molecular flexibility index (Phi) is 6.27. The number of likely N-dealkylation sites (N-methyl/N-ethyl adjacent to an activating group) is 1.